The lowest BCUT2D eigenvalue weighted by Crippen LogP contribution is -2.18. The monoisotopic (exact) mass is 230 g/mol. The largest absolute Gasteiger partial charge is 0.435 e. The maximum absolute atomic E-state index is 11.7. The lowest BCUT2D eigenvalue weighted by atomic mass is 10.1. The summed E-state index contributed by atoms with van der Waals surface area (Å²) in [5.74, 6) is 0.724. The van der Waals surface area contributed by atoms with Crippen molar-refractivity contribution in [2.45, 2.75) is 13.8 Å². The molecule has 0 aliphatic carbocycles. The van der Waals surface area contributed by atoms with Gasteiger partial charge in [0.15, 0.2) is 0 Å². The molecule has 1 aromatic carbocycles. The molecule has 1 heterocycles. The van der Waals surface area contributed by atoms with Crippen LogP contribution in [0, 0.1) is 13.8 Å². The molecule has 0 N–H and O–H groups in total. The van der Waals surface area contributed by atoms with Gasteiger partial charge < -0.3 is 9.30 Å². The van der Waals surface area contributed by atoms with E-state index in [0.29, 0.717) is 5.75 Å². The van der Waals surface area contributed by atoms with Gasteiger partial charge in [-0.3, -0.25) is 4.79 Å². The van der Waals surface area contributed by atoms with Gasteiger partial charge in [0.1, 0.15) is 5.75 Å². The predicted octanol–water partition coefficient (Wildman–Crippen LogP) is 2.19. The molecule has 0 amide bonds. The molecule has 4 nitrogen and oxygen atoms in total. The molecule has 0 saturated heterocycles. The number of rotatable bonds is 2. The van der Waals surface area contributed by atoms with Gasteiger partial charge >= 0.3 is 5.56 Å². The van der Waals surface area contributed by atoms with E-state index >= 15 is 0 Å². The van der Waals surface area contributed by atoms with E-state index in [1.54, 1.807) is 13.2 Å². The number of hydrogen-bond donors (Lipinski definition) is 0. The maximum atomic E-state index is 11.7. The van der Waals surface area contributed by atoms with E-state index in [1.807, 2.05) is 32.0 Å². The van der Waals surface area contributed by atoms with Crippen LogP contribution in [-0.2, 0) is 7.05 Å². The number of benzene rings is 1. The van der Waals surface area contributed by atoms with Gasteiger partial charge in [0.25, 0.3) is 5.88 Å². The van der Waals surface area contributed by atoms with E-state index in [0.717, 1.165) is 5.56 Å². The molecular formula is C13H14N2O2. The second kappa shape index (κ2) is 4.41. The Morgan fingerprint density at radius 2 is 2.00 bits per heavy atom. The molecule has 0 fully saturated rings. The fourth-order valence-corrected chi connectivity index (χ4v) is 1.43. The smallest absolute Gasteiger partial charge is 0.313 e. The third kappa shape index (κ3) is 2.36. The van der Waals surface area contributed by atoms with Gasteiger partial charge in [-0.2, -0.15) is 0 Å². The van der Waals surface area contributed by atoms with Crippen LogP contribution in [-0.4, -0.2) is 9.55 Å². The van der Waals surface area contributed by atoms with Crippen LogP contribution in [0.25, 0.3) is 0 Å². The number of nitrogens with zero attached hydrogens (tertiary/aromatic N) is 2. The zero-order chi connectivity index (χ0) is 12.4. The molecule has 0 aliphatic heterocycles. The summed E-state index contributed by atoms with van der Waals surface area (Å²) in [5, 5.41) is 0. The topological polar surface area (TPSA) is 44.1 Å². The van der Waals surface area contributed by atoms with Gasteiger partial charge in [-0.25, -0.2) is 4.98 Å². The Labute approximate surface area is 99.5 Å². The van der Waals surface area contributed by atoms with Crippen molar-refractivity contribution >= 4 is 0 Å². The van der Waals surface area contributed by atoms with Crippen LogP contribution in [0.4, 0.5) is 0 Å². The highest BCUT2D eigenvalue weighted by Crippen LogP contribution is 2.19. The molecule has 0 unspecified atom stereocenters. The highest BCUT2D eigenvalue weighted by atomic mass is 16.5. The second-order valence-electron chi connectivity index (χ2n) is 4.00. The zero-order valence-electron chi connectivity index (χ0n) is 10.1. The molecule has 0 bridgehead atoms. The van der Waals surface area contributed by atoms with Crippen LogP contribution in [0.3, 0.4) is 0 Å². The highest BCUT2D eigenvalue weighted by molar-refractivity contribution is 5.35. The van der Waals surface area contributed by atoms with Crippen molar-refractivity contribution in [2.75, 3.05) is 0 Å². The second-order valence-corrected chi connectivity index (χ2v) is 4.00. The van der Waals surface area contributed by atoms with E-state index in [1.165, 1.54) is 16.3 Å². The molecule has 0 spiro atoms. The van der Waals surface area contributed by atoms with Crippen molar-refractivity contribution in [3.05, 3.63) is 52.1 Å². The lowest BCUT2D eigenvalue weighted by molar-refractivity contribution is 0.448. The van der Waals surface area contributed by atoms with Crippen LogP contribution in [0.1, 0.15) is 11.1 Å². The minimum atomic E-state index is -0.245. The van der Waals surface area contributed by atoms with Gasteiger partial charge in [-0.15, -0.1) is 0 Å². The van der Waals surface area contributed by atoms with Crippen molar-refractivity contribution in [1.29, 1.82) is 0 Å². The van der Waals surface area contributed by atoms with E-state index in [4.69, 9.17) is 4.74 Å². The summed E-state index contributed by atoms with van der Waals surface area (Å²) in [6, 6.07) is 5.68. The quantitative estimate of drug-likeness (QED) is 0.794. The van der Waals surface area contributed by atoms with Gasteiger partial charge in [-0.05, 0) is 37.1 Å². The van der Waals surface area contributed by atoms with Crippen molar-refractivity contribution in [3.63, 3.8) is 0 Å². The highest BCUT2D eigenvalue weighted by Gasteiger charge is 2.05. The first-order valence-electron chi connectivity index (χ1n) is 5.34. The Kier molecular flexibility index (Phi) is 2.95. The van der Waals surface area contributed by atoms with Crippen LogP contribution in [0.15, 0.2) is 35.4 Å². The van der Waals surface area contributed by atoms with Crippen LogP contribution in [0.5, 0.6) is 11.6 Å². The van der Waals surface area contributed by atoms with E-state index in [-0.39, 0.29) is 11.4 Å². The normalized spacial score (nSPS) is 10.3. The van der Waals surface area contributed by atoms with Crippen LogP contribution in [0.2, 0.25) is 0 Å². The summed E-state index contributed by atoms with van der Waals surface area (Å²) in [7, 11) is 1.66. The molecule has 2 rings (SSSR count). The first-order chi connectivity index (χ1) is 8.08. The van der Waals surface area contributed by atoms with E-state index < -0.39 is 0 Å². The Hall–Kier alpha value is -2.10. The molecule has 0 aliphatic rings. The first kappa shape index (κ1) is 11.4. The van der Waals surface area contributed by atoms with Crippen molar-refractivity contribution in [3.8, 4) is 11.6 Å². The Balaban J connectivity index is 2.35. The van der Waals surface area contributed by atoms with E-state index in [2.05, 4.69) is 4.98 Å². The Morgan fingerprint density at radius 1 is 1.24 bits per heavy atom. The summed E-state index contributed by atoms with van der Waals surface area (Å²) >= 11 is 0. The summed E-state index contributed by atoms with van der Waals surface area (Å²) in [4.78, 5) is 15.6. The fraction of sp³-hybridized carbons (Fsp3) is 0.231. The van der Waals surface area contributed by atoms with Gasteiger partial charge in [0, 0.05) is 19.4 Å². The minimum absolute atomic E-state index is 0.0956. The molecular weight excluding hydrogens is 216 g/mol. The van der Waals surface area contributed by atoms with E-state index in [9.17, 15) is 4.79 Å². The average molecular weight is 230 g/mol. The van der Waals surface area contributed by atoms with Crippen molar-refractivity contribution in [1.82, 2.24) is 9.55 Å². The molecule has 17 heavy (non-hydrogen) atoms. The fourth-order valence-electron chi connectivity index (χ4n) is 1.43. The third-order valence-electron chi connectivity index (χ3n) is 2.68. The molecule has 0 radical (unpaired) electrons. The number of ether oxygens (including phenoxy) is 1. The predicted molar refractivity (Wildman–Crippen MR) is 65.5 cm³/mol. The molecule has 1 aromatic heterocycles. The molecule has 0 saturated carbocycles. The summed E-state index contributed by atoms with van der Waals surface area (Å²) in [6.45, 7) is 4.03. The standard InChI is InChI=1S/C13H14N2O2/c1-9-4-5-11(8-10(9)2)17-12-13(16)15(3)7-6-14-12/h4-8H,1-3H3. The molecule has 0 atom stereocenters. The minimum Gasteiger partial charge on any atom is -0.435 e. The van der Waals surface area contributed by atoms with Crippen molar-refractivity contribution in [2.24, 2.45) is 7.05 Å². The first-order valence-corrected chi connectivity index (χ1v) is 5.34. The zero-order valence-corrected chi connectivity index (χ0v) is 10.1. The van der Waals surface area contributed by atoms with Gasteiger partial charge in [0.05, 0.1) is 0 Å². The van der Waals surface area contributed by atoms with Gasteiger partial charge in [-0.1, -0.05) is 6.07 Å². The van der Waals surface area contributed by atoms with Crippen LogP contribution >= 0.6 is 0 Å². The molecule has 4 heteroatoms. The van der Waals surface area contributed by atoms with Crippen molar-refractivity contribution < 1.29 is 4.74 Å². The summed E-state index contributed by atoms with van der Waals surface area (Å²) in [6.07, 6.45) is 3.13. The summed E-state index contributed by atoms with van der Waals surface area (Å²) in [5.41, 5.74) is 2.06. The third-order valence-corrected chi connectivity index (χ3v) is 2.68. The Bertz CT molecular complexity index is 603. The number of hydrogen-bond acceptors (Lipinski definition) is 3. The average Bonchev–Trinajstić information content (AvgIpc) is 2.30. The van der Waals surface area contributed by atoms with Gasteiger partial charge in [0.2, 0.25) is 0 Å². The number of aryl methyl sites for hydroxylation is 3. The van der Waals surface area contributed by atoms with Crippen LogP contribution < -0.4 is 10.3 Å². The molecule has 88 valence electrons. The maximum Gasteiger partial charge on any atom is 0.313 e. The lowest BCUT2D eigenvalue weighted by Gasteiger charge is -2.07. The molecule has 2 aromatic rings. The Morgan fingerprint density at radius 3 is 2.71 bits per heavy atom. The SMILES string of the molecule is Cc1ccc(Oc2nccn(C)c2=O)cc1C. The number of aromatic nitrogens is 2. The summed E-state index contributed by atoms with van der Waals surface area (Å²) < 4.78 is 6.92.